The van der Waals surface area contributed by atoms with E-state index in [-0.39, 0.29) is 11.6 Å². The SMILES string of the molecule is Cc1ccc2cc([C@H](c3nnnn3C3CCCCC3)N3CCC[C@@H](C)C3)c(=O)[nH]c2c1. The van der Waals surface area contributed by atoms with Crippen molar-refractivity contribution in [3.05, 3.63) is 51.6 Å². The Labute approximate surface area is 182 Å². The number of likely N-dealkylation sites (tertiary alicyclic amines) is 1. The van der Waals surface area contributed by atoms with Crippen molar-refractivity contribution in [3.63, 3.8) is 0 Å². The second kappa shape index (κ2) is 8.54. The van der Waals surface area contributed by atoms with E-state index < -0.39 is 0 Å². The number of hydrogen-bond acceptors (Lipinski definition) is 5. The van der Waals surface area contributed by atoms with E-state index in [9.17, 15) is 4.79 Å². The summed E-state index contributed by atoms with van der Waals surface area (Å²) in [5.74, 6) is 1.41. The number of aromatic nitrogens is 5. The predicted molar refractivity (Wildman–Crippen MR) is 121 cm³/mol. The van der Waals surface area contributed by atoms with Crippen molar-refractivity contribution in [2.24, 2.45) is 5.92 Å². The number of fused-ring (bicyclic) bond motifs is 1. The number of hydrogen-bond donors (Lipinski definition) is 1. The van der Waals surface area contributed by atoms with Crippen LogP contribution in [-0.2, 0) is 0 Å². The first-order chi connectivity index (χ1) is 15.1. The molecule has 31 heavy (non-hydrogen) atoms. The van der Waals surface area contributed by atoms with Crippen LogP contribution in [0.5, 0.6) is 0 Å². The molecule has 3 aromatic rings. The maximum atomic E-state index is 13.3. The van der Waals surface area contributed by atoms with E-state index in [0.717, 1.165) is 60.2 Å². The molecule has 2 fully saturated rings. The van der Waals surface area contributed by atoms with Crippen molar-refractivity contribution in [1.82, 2.24) is 30.1 Å². The second-order valence-electron chi connectivity index (χ2n) is 9.56. The molecule has 0 unspecified atom stereocenters. The fourth-order valence-electron chi connectivity index (χ4n) is 5.46. The highest BCUT2D eigenvalue weighted by atomic mass is 16.1. The number of rotatable bonds is 4. The molecule has 1 aromatic carbocycles. The third kappa shape index (κ3) is 4.03. The lowest BCUT2D eigenvalue weighted by Crippen LogP contribution is -2.41. The molecule has 7 nitrogen and oxygen atoms in total. The molecule has 0 spiro atoms. The first-order valence-corrected chi connectivity index (χ1v) is 11.8. The summed E-state index contributed by atoms with van der Waals surface area (Å²) in [5, 5.41) is 14.1. The number of benzene rings is 1. The first kappa shape index (κ1) is 20.4. The second-order valence-corrected chi connectivity index (χ2v) is 9.56. The Morgan fingerprint density at radius 2 is 1.94 bits per heavy atom. The molecule has 0 bridgehead atoms. The van der Waals surface area contributed by atoms with Gasteiger partial charge < -0.3 is 4.98 Å². The molecular formula is C24H32N6O. The van der Waals surface area contributed by atoms with Gasteiger partial charge in [0.15, 0.2) is 5.82 Å². The van der Waals surface area contributed by atoms with Crippen LogP contribution in [0.3, 0.4) is 0 Å². The van der Waals surface area contributed by atoms with Crippen LogP contribution in [0, 0.1) is 12.8 Å². The number of aryl methyl sites for hydroxylation is 1. The van der Waals surface area contributed by atoms with Gasteiger partial charge in [-0.05, 0) is 78.6 Å². The van der Waals surface area contributed by atoms with Gasteiger partial charge in [0.1, 0.15) is 6.04 Å². The van der Waals surface area contributed by atoms with Gasteiger partial charge in [0.2, 0.25) is 0 Å². The van der Waals surface area contributed by atoms with Gasteiger partial charge >= 0.3 is 0 Å². The maximum Gasteiger partial charge on any atom is 0.253 e. The number of nitrogens with one attached hydrogen (secondary N) is 1. The van der Waals surface area contributed by atoms with Gasteiger partial charge in [-0.3, -0.25) is 9.69 Å². The van der Waals surface area contributed by atoms with Gasteiger partial charge in [-0.2, -0.15) is 0 Å². The van der Waals surface area contributed by atoms with Crippen LogP contribution in [0.2, 0.25) is 0 Å². The summed E-state index contributed by atoms with van der Waals surface area (Å²) in [5.41, 5.74) is 2.72. The zero-order valence-corrected chi connectivity index (χ0v) is 18.5. The van der Waals surface area contributed by atoms with Crippen molar-refractivity contribution >= 4 is 10.9 Å². The Morgan fingerprint density at radius 3 is 2.74 bits per heavy atom. The zero-order chi connectivity index (χ0) is 21.4. The lowest BCUT2D eigenvalue weighted by Gasteiger charge is -2.37. The minimum Gasteiger partial charge on any atom is -0.322 e. The molecule has 5 rings (SSSR count). The van der Waals surface area contributed by atoms with Crippen LogP contribution in [0.4, 0.5) is 0 Å². The van der Waals surface area contributed by atoms with E-state index in [2.05, 4.69) is 50.5 Å². The van der Waals surface area contributed by atoms with Crippen LogP contribution in [0.15, 0.2) is 29.1 Å². The van der Waals surface area contributed by atoms with Gasteiger partial charge in [0.05, 0.1) is 6.04 Å². The lowest BCUT2D eigenvalue weighted by atomic mass is 9.93. The molecule has 1 aliphatic carbocycles. The fourth-order valence-corrected chi connectivity index (χ4v) is 5.46. The standard InChI is InChI=1S/C24H32N6O/c1-16-10-11-18-14-20(24(31)25-21(18)13-16)22(29-12-6-7-17(2)15-29)23-26-27-28-30(23)19-8-4-3-5-9-19/h10-11,13-14,17,19,22H,3-9,12,15H2,1-2H3,(H,25,31)/t17-,22-/m1/s1. The molecule has 1 N–H and O–H groups in total. The predicted octanol–water partition coefficient (Wildman–Crippen LogP) is 4.15. The number of nitrogens with zero attached hydrogens (tertiary/aromatic N) is 5. The normalized spacial score (nSPS) is 22.1. The zero-order valence-electron chi connectivity index (χ0n) is 18.5. The van der Waals surface area contributed by atoms with Crippen molar-refractivity contribution < 1.29 is 0 Å². The molecule has 2 aliphatic rings. The van der Waals surface area contributed by atoms with E-state index in [1.54, 1.807) is 0 Å². The van der Waals surface area contributed by atoms with Gasteiger partial charge in [0, 0.05) is 17.6 Å². The Kier molecular flexibility index (Phi) is 5.61. The highest BCUT2D eigenvalue weighted by Crippen LogP contribution is 2.34. The summed E-state index contributed by atoms with van der Waals surface area (Å²) < 4.78 is 2.03. The average Bonchev–Trinajstić information content (AvgIpc) is 3.24. The van der Waals surface area contributed by atoms with Gasteiger partial charge in [0.25, 0.3) is 5.56 Å². The Hall–Kier alpha value is -2.54. The van der Waals surface area contributed by atoms with Gasteiger partial charge in [-0.15, -0.1) is 5.10 Å². The number of tetrazole rings is 1. The third-order valence-electron chi connectivity index (χ3n) is 7.06. The quantitative estimate of drug-likeness (QED) is 0.686. The molecule has 1 saturated heterocycles. The summed E-state index contributed by atoms with van der Waals surface area (Å²) in [6.45, 7) is 6.24. The van der Waals surface area contributed by atoms with E-state index >= 15 is 0 Å². The van der Waals surface area contributed by atoms with Crippen LogP contribution in [0.1, 0.15) is 80.9 Å². The number of aromatic amines is 1. The summed E-state index contributed by atoms with van der Waals surface area (Å²) in [6, 6.07) is 8.36. The van der Waals surface area contributed by atoms with E-state index in [0.29, 0.717) is 12.0 Å². The van der Waals surface area contributed by atoms with Crippen LogP contribution >= 0.6 is 0 Å². The van der Waals surface area contributed by atoms with Crippen molar-refractivity contribution in [2.45, 2.75) is 70.9 Å². The number of pyridine rings is 1. The number of H-pyrrole nitrogens is 1. The molecule has 1 aliphatic heterocycles. The van der Waals surface area contributed by atoms with Crippen molar-refractivity contribution in [2.75, 3.05) is 13.1 Å². The first-order valence-electron chi connectivity index (χ1n) is 11.8. The molecule has 1 saturated carbocycles. The minimum absolute atomic E-state index is 0.0421. The van der Waals surface area contributed by atoms with Crippen LogP contribution < -0.4 is 5.56 Å². The molecule has 164 valence electrons. The highest BCUT2D eigenvalue weighted by molar-refractivity contribution is 5.79. The van der Waals surface area contributed by atoms with Gasteiger partial charge in [-0.25, -0.2) is 4.68 Å². The molecular weight excluding hydrogens is 388 g/mol. The molecule has 3 heterocycles. The fraction of sp³-hybridized carbons (Fsp3) is 0.583. The largest absolute Gasteiger partial charge is 0.322 e. The van der Waals surface area contributed by atoms with Gasteiger partial charge in [-0.1, -0.05) is 38.3 Å². The number of piperidine rings is 1. The smallest absolute Gasteiger partial charge is 0.253 e. The van der Waals surface area contributed by atoms with E-state index in [4.69, 9.17) is 0 Å². The highest BCUT2D eigenvalue weighted by Gasteiger charge is 2.34. The molecule has 0 radical (unpaired) electrons. The van der Waals surface area contributed by atoms with Crippen molar-refractivity contribution in [1.29, 1.82) is 0 Å². The molecule has 2 aromatic heterocycles. The Morgan fingerprint density at radius 1 is 1.10 bits per heavy atom. The van der Waals surface area contributed by atoms with Crippen LogP contribution in [-0.4, -0.2) is 43.2 Å². The topological polar surface area (TPSA) is 79.7 Å². The van der Waals surface area contributed by atoms with E-state index in [1.807, 2.05) is 17.7 Å². The molecule has 2 atom stereocenters. The summed E-state index contributed by atoms with van der Waals surface area (Å²) in [7, 11) is 0. The van der Waals surface area contributed by atoms with Crippen molar-refractivity contribution in [3.8, 4) is 0 Å². The van der Waals surface area contributed by atoms with Crippen LogP contribution in [0.25, 0.3) is 10.9 Å². The third-order valence-corrected chi connectivity index (χ3v) is 7.06. The monoisotopic (exact) mass is 420 g/mol. The molecule has 0 amide bonds. The summed E-state index contributed by atoms with van der Waals surface area (Å²) in [4.78, 5) is 18.9. The Bertz CT molecular complexity index is 1110. The summed E-state index contributed by atoms with van der Waals surface area (Å²) >= 11 is 0. The lowest BCUT2D eigenvalue weighted by molar-refractivity contribution is 0.138. The Balaban J connectivity index is 1.63. The average molecular weight is 421 g/mol. The maximum absolute atomic E-state index is 13.3. The summed E-state index contributed by atoms with van der Waals surface area (Å²) in [6.07, 6.45) is 8.28. The minimum atomic E-state index is -0.228. The molecule has 7 heteroatoms. The van der Waals surface area contributed by atoms with E-state index in [1.165, 1.54) is 25.7 Å².